The molecule has 0 spiro atoms. The summed E-state index contributed by atoms with van der Waals surface area (Å²) in [5.74, 6) is 0.579. The Labute approximate surface area is 172 Å². The van der Waals surface area contributed by atoms with Gasteiger partial charge in [0, 0.05) is 0 Å². The summed E-state index contributed by atoms with van der Waals surface area (Å²) in [4.78, 5) is 10.9. The summed E-state index contributed by atoms with van der Waals surface area (Å²) in [5, 5.41) is 10.1. The van der Waals surface area contributed by atoms with E-state index >= 15 is 0 Å². The number of aldehydes is 1. The molecule has 0 saturated carbocycles. The van der Waals surface area contributed by atoms with Gasteiger partial charge in [-0.2, -0.15) is 0 Å². The molecular weight excluding hydrogens is 443 g/mol. The molecule has 0 amide bonds. The number of unbranched alkanes of at least 4 members (excludes halogenated alkanes) is 3. The molecule has 0 aliphatic carbocycles. The predicted octanol–water partition coefficient (Wildman–Crippen LogP) is 6.27. The van der Waals surface area contributed by atoms with Gasteiger partial charge in [-0.15, -0.1) is 0 Å². The van der Waals surface area contributed by atoms with Crippen molar-refractivity contribution < 1.29 is 14.6 Å². The molecule has 4 atom stereocenters. The summed E-state index contributed by atoms with van der Waals surface area (Å²) in [6, 6.07) is 0. The maximum absolute atomic E-state index is 10.9. The van der Waals surface area contributed by atoms with E-state index in [0.29, 0.717) is 18.8 Å². The molecule has 1 N–H and O–H groups in total. The van der Waals surface area contributed by atoms with Crippen LogP contribution in [0.15, 0.2) is 10.2 Å². The Bertz CT molecular complexity index is 402. The summed E-state index contributed by atoms with van der Waals surface area (Å²) in [6.07, 6.45) is 12.8. The number of carbonyl (C=O) groups is 1. The first-order chi connectivity index (χ1) is 13.0. The van der Waals surface area contributed by atoms with E-state index in [4.69, 9.17) is 4.74 Å². The van der Waals surface area contributed by atoms with Gasteiger partial charge in [0.1, 0.15) is 0 Å². The first-order valence-electron chi connectivity index (χ1n) is 11.5. The first kappa shape index (κ1) is 25.2. The van der Waals surface area contributed by atoms with Crippen molar-refractivity contribution in [2.45, 2.75) is 111 Å². The zero-order valence-electron chi connectivity index (χ0n) is 18.3. The fraction of sp³-hybridized carbons (Fsp3) is 0.870. The van der Waals surface area contributed by atoms with Crippen molar-refractivity contribution in [3.8, 4) is 0 Å². The van der Waals surface area contributed by atoms with E-state index in [2.05, 4.69) is 37.9 Å². The van der Waals surface area contributed by atoms with Gasteiger partial charge in [-0.05, 0) is 0 Å². The summed E-state index contributed by atoms with van der Waals surface area (Å²) < 4.78 is 13.0. The molecule has 0 aromatic rings. The molecule has 1 heterocycles. The van der Waals surface area contributed by atoms with Crippen molar-refractivity contribution in [2.75, 3.05) is 0 Å². The van der Waals surface area contributed by atoms with E-state index in [0.717, 1.165) is 12.7 Å². The summed E-state index contributed by atoms with van der Waals surface area (Å²) in [7, 11) is 0. The zero-order valence-corrected chi connectivity index (χ0v) is 21.1. The van der Waals surface area contributed by atoms with Gasteiger partial charge in [0.25, 0.3) is 0 Å². The summed E-state index contributed by atoms with van der Waals surface area (Å²) >= 11 is -2.26. The Balaban J connectivity index is 2.85. The molecule has 27 heavy (non-hydrogen) atoms. The SMILES string of the molecule is CCC[CH2][Sn](/[CH]=C/[C@@H](C)[C@H]1C[C@@H](CC=O)CC(O)O1)([CH2]CCC)[CH2]CCC. The van der Waals surface area contributed by atoms with Gasteiger partial charge in [0.05, 0.1) is 0 Å². The van der Waals surface area contributed by atoms with Crippen LogP contribution in [0.5, 0.6) is 0 Å². The van der Waals surface area contributed by atoms with Gasteiger partial charge < -0.3 is 0 Å². The normalized spacial score (nSPS) is 25.0. The number of hydrogen-bond donors (Lipinski definition) is 1. The monoisotopic (exact) mass is 488 g/mol. The van der Waals surface area contributed by atoms with Crippen LogP contribution in [0.1, 0.15) is 85.5 Å². The third kappa shape index (κ3) is 9.45. The Morgan fingerprint density at radius 1 is 1.04 bits per heavy atom. The van der Waals surface area contributed by atoms with Crippen LogP contribution in [-0.4, -0.2) is 42.2 Å². The van der Waals surface area contributed by atoms with E-state index in [1.165, 1.54) is 51.8 Å². The maximum atomic E-state index is 10.9. The van der Waals surface area contributed by atoms with Crippen molar-refractivity contribution in [3.63, 3.8) is 0 Å². The van der Waals surface area contributed by atoms with Crippen molar-refractivity contribution in [3.05, 3.63) is 10.2 Å². The van der Waals surface area contributed by atoms with E-state index in [1.807, 2.05) is 0 Å². The van der Waals surface area contributed by atoms with Gasteiger partial charge in [-0.1, -0.05) is 0 Å². The average molecular weight is 487 g/mol. The van der Waals surface area contributed by atoms with Crippen LogP contribution in [0.3, 0.4) is 0 Å². The second-order valence-corrected chi connectivity index (χ2v) is 21.8. The molecule has 1 fully saturated rings. The molecule has 0 radical (unpaired) electrons. The number of ether oxygens (including phenoxy) is 1. The number of hydrogen-bond acceptors (Lipinski definition) is 3. The minimum absolute atomic E-state index is 0.0439. The molecule has 158 valence electrons. The van der Waals surface area contributed by atoms with Crippen molar-refractivity contribution >= 4 is 24.7 Å². The summed E-state index contributed by atoms with van der Waals surface area (Å²) in [6.45, 7) is 9.17. The quantitative estimate of drug-likeness (QED) is 0.232. The van der Waals surface area contributed by atoms with Crippen LogP contribution in [0.2, 0.25) is 13.3 Å². The van der Waals surface area contributed by atoms with E-state index < -0.39 is 24.7 Å². The molecule has 1 aliphatic rings. The second-order valence-electron chi connectivity index (χ2n) is 8.76. The van der Waals surface area contributed by atoms with Crippen molar-refractivity contribution in [1.29, 1.82) is 0 Å². The Morgan fingerprint density at radius 3 is 2.07 bits per heavy atom. The summed E-state index contributed by atoms with van der Waals surface area (Å²) in [5.41, 5.74) is 0. The molecule has 4 heteroatoms. The topological polar surface area (TPSA) is 46.5 Å². The van der Waals surface area contributed by atoms with Gasteiger partial charge >= 0.3 is 172 Å². The fourth-order valence-corrected chi connectivity index (χ4v) is 19.0. The van der Waals surface area contributed by atoms with Crippen LogP contribution >= 0.6 is 0 Å². The zero-order chi connectivity index (χ0) is 20.1. The van der Waals surface area contributed by atoms with Crippen LogP contribution < -0.4 is 0 Å². The van der Waals surface area contributed by atoms with Crippen LogP contribution in [0.4, 0.5) is 0 Å². The molecule has 3 nitrogen and oxygen atoms in total. The Morgan fingerprint density at radius 2 is 1.59 bits per heavy atom. The fourth-order valence-electron chi connectivity index (χ4n) is 4.38. The molecule has 0 aromatic carbocycles. The van der Waals surface area contributed by atoms with Crippen LogP contribution in [0, 0.1) is 11.8 Å². The van der Waals surface area contributed by atoms with Gasteiger partial charge in [-0.25, -0.2) is 0 Å². The number of aliphatic hydroxyl groups is 1. The second kappa shape index (κ2) is 14.2. The third-order valence-electron chi connectivity index (χ3n) is 6.29. The first-order valence-corrected chi connectivity index (χ1v) is 19.2. The molecule has 1 rings (SSSR count). The molecule has 1 aliphatic heterocycles. The van der Waals surface area contributed by atoms with E-state index in [9.17, 15) is 9.90 Å². The van der Waals surface area contributed by atoms with Gasteiger partial charge in [0.15, 0.2) is 0 Å². The number of rotatable bonds is 14. The Kier molecular flexibility index (Phi) is 13.2. The standard InChI is InChI=1S/C11H17O3.3C4H9.Sn/c1-3-8(2)10-6-9(4-5-12)7-11(13)14-10;3*1-3-4-2;/h1,3,5,8-11,13H,4,6-7H2,2H3;3*1,3-4H2,2H3;/t8-,9-,10-,11?;;;;/m1..../s1. The van der Waals surface area contributed by atoms with E-state index in [1.54, 1.807) is 0 Å². The van der Waals surface area contributed by atoms with Gasteiger partial charge in [-0.3, -0.25) is 0 Å². The van der Waals surface area contributed by atoms with Crippen molar-refractivity contribution in [2.24, 2.45) is 11.8 Å². The van der Waals surface area contributed by atoms with Gasteiger partial charge in [0.2, 0.25) is 0 Å². The number of carbonyl (C=O) groups excluding carboxylic acids is 1. The molecule has 1 unspecified atom stereocenters. The average Bonchev–Trinajstić information content (AvgIpc) is 2.66. The minimum atomic E-state index is -2.26. The van der Waals surface area contributed by atoms with E-state index in [-0.39, 0.29) is 12.0 Å². The predicted molar refractivity (Wildman–Crippen MR) is 117 cm³/mol. The molecule has 0 bridgehead atoms. The third-order valence-corrected chi connectivity index (χ3v) is 20.4. The molecule has 1 saturated heterocycles. The Hall–Kier alpha value is 0.129. The molecular formula is C23H44O3Sn. The van der Waals surface area contributed by atoms with Crippen LogP contribution in [-0.2, 0) is 9.53 Å². The van der Waals surface area contributed by atoms with Crippen molar-refractivity contribution in [1.82, 2.24) is 0 Å². The molecule has 0 aromatic heterocycles. The van der Waals surface area contributed by atoms with Crippen LogP contribution in [0.25, 0.3) is 0 Å². The number of aliphatic hydroxyl groups excluding tert-OH is 1.